The zero-order chi connectivity index (χ0) is 74.6. The van der Waals surface area contributed by atoms with E-state index in [-0.39, 0.29) is 56.3 Å². The van der Waals surface area contributed by atoms with Gasteiger partial charge in [0.15, 0.2) is 13.2 Å². The number of epoxide rings is 2. The lowest BCUT2D eigenvalue weighted by molar-refractivity contribution is -0.344. The molecule has 2 saturated heterocycles. The Morgan fingerprint density at radius 2 is 0.883 bits per heavy atom. The number of halogens is 16. The second-order valence-corrected chi connectivity index (χ2v) is 22.6. The summed E-state index contributed by atoms with van der Waals surface area (Å²) in [7, 11) is 8.99. The molecule has 2 heterocycles. The van der Waals surface area contributed by atoms with Gasteiger partial charge in [-0.05, 0) is 80.2 Å². The monoisotopic (exact) mass is 1400 g/mol. The maximum absolute atomic E-state index is 14.4. The van der Waals surface area contributed by atoms with Gasteiger partial charge in [0.05, 0.1) is 42.7 Å². The Morgan fingerprint density at radius 3 is 1.21 bits per heavy atom. The molecule has 0 aliphatic carbocycles. The first-order valence-electron chi connectivity index (χ1n) is 27.7. The van der Waals surface area contributed by atoms with E-state index in [1.807, 2.05) is 0 Å². The summed E-state index contributed by atoms with van der Waals surface area (Å²) in [5, 5.41) is 0. The minimum atomic E-state index is -6.65. The van der Waals surface area contributed by atoms with Crippen LogP contribution in [0.5, 0.6) is 0 Å². The minimum Gasteiger partial charge on any atom is -0.463 e. The summed E-state index contributed by atoms with van der Waals surface area (Å²) < 4.78 is 255. The Hall–Kier alpha value is -6.56. The average molecular weight is 1400 g/mol. The quantitative estimate of drug-likeness (QED) is 0.0143. The van der Waals surface area contributed by atoms with Crippen molar-refractivity contribution in [2.45, 2.75) is 142 Å². The molecule has 0 saturated carbocycles. The van der Waals surface area contributed by atoms with Crippen molar-refractivity contribution in [2.24, 2.45) is 22.2 Å². The molecule has 2 rings (SSSR count). The predicted molar refractivity (Wildman–Crippen MR) is 300 cm³/mol. The van der Waals surface area contributed by atoms with Gasteiger partial charge in [-0.15, -0.1) is 0 Å². The molecule has 0 N–H and O–H groups in total. The summed E-state index contributed by atoms with van der Waals surface area (Å²) in [6.45, 7) is 20.5. The highest BCUT2D eigenvalue weighted by atomic mass is 19.4. The summed E-state index contributed by atoms with van der Waals surface area (Å²) in [5.74, 6) is -44.9. The second kappa shape index (κ2) is 39.5. The van der Waals surface area contributed by atoms with Gasteiger partial charge in [0.2, 0.25) is 11.8 Å². The van der Waals surface area contributed by atoms with Gasteiger partial charge in [0.1, 0.15) is 38.6 Å². The Bertz CT molecular complexity index is 2530. The topological polar surface area (TPSA) is 242 Å². The number of alkyl halides is 16. The van der Waals surface area contributed by atoms with Crippen molar-refractivity contribution in [3.8, 4) is 0 Å². The molecule has 20 nitrogen and oxygen atoms in total. The molecule has 2 amide bonds. The summed E-state index contributed by atoms with van der Waals surface area (Å²) in [4.78, 5) is 98.1. The number of amides is 2. The van der Waals surface area contributed by atoms with E-state index in [4.69, 9.17) is 28.4 Å². The molecule has 94 heavy (non-hydrogen) atoms. The molecule has 2 fully saturated rings. The molecule has 0 aromatic rings. The normalized spacial score (nSPS) is 16.2. The van der Waals surface area contributed by atoms with Crippen LogP contribution in [0.4, 0.5) is 70.2 Å². The van der Waals surface area contributed by atoms with E-state index in [1.165, 1.54) is 53.0 Å². The van der Waals surface area contributed by atoms with Crippen LogP contribution in [0.25, 0.3) is 0 Å². The predicted octanol–water partition coefficient (Wildman–Crippen LogP) is 9.95. The zero-order valence-corrected chi connectivity index (χ0v) is 54.5. The largest absolute Gasteiger partial charge is 0.463 e. The minimum absolute atomic E-state index is 0.0464. The molecule has 546 valence electrons. The van der Waals surface area contributed by atoms with Gasteiger partial charge in [0, 0.05) is 65.0 Å². The van der Waals surface area contributed by atoms with Gasteiger partial charge in [0.25, 0.3) is 0 Å². The zero-order valence-electron chi connectivity index (χ0n) is 54.5. The van der Waals surface area contributed by atoms with Crippen LogP contribution < -0.4 is 0 Å². The SMILES string of the molecule is C=C(C)C(=O)OCC(F)(F)C(F)(F)C(F)(F)C(F)F.C=C(C)C(=O)OCC1CO1.C=C(C)C(=O)OCCOC.C=CC(=O)N(C)C.CCC(CC(C)(CC(C)(CC(C)(C)C(=O)OCC1CO1)C(=O)OCCOC)C(=O)OCC(F)(F)C(F)(F)C(F)(F)C(F)F)C(=O)N(C)C. The standard InChI is InChI=1S/C30H45F8NO9.C9H8F8O2.C7H10O3.C7H12O3.C5H9NO/c1-9-18(20(40)39(6)7)12-26(4,23(42)48-17-28(33,34)30(37,38)29(35,36)21(31)32)16-27(5,24(43)45-11-10-44-8)15-25(2,3)22(41)47-14-19-13-46-19;1-4(2)5(18)19-3-7(12,13)9(16,17)8(14,15)6(10)11;1-5(2)7(8)10-4-6-3-9-6;1-6(2)7(8)10-5-4-9-3;1-4-5(7)6(2)3/h18-19,21H,9-17H2,1-8H3;6H,1,3H2,2H3;6H,1,3-4H2,2H3;1,4-5H2,2-3H3;4H,1H2,2-3H3. The van der Waals surface area contributed by atoms with Crippen molar-refractivity contribution in [1.82, 2.24) is 9.80 Å². The highest BCUT2D eigenvalue weighted by Crippen LogP contribution is 2.52. The lowest BCUT2D eigenvalue weighted by atomic mass is 9.63. The highest BCUT2D eigenvalue weighted by Gasteiger charge is 2.77. The van der Waals surface area contributed by atoms with Crippen molar-refractivity contribution in [3.05, 3.63) is 49.1 Å². The molecule has 2 aliphatic heterocycles. The molecule has 0 aromatic heterocycles. The molecule has 0 bridgehead atoms. The highest BCUT2D eigenvalue weighted by molar-refractivity contribution is 5.88. The van der Waals surface area contributed by atoms with Crippen LogP contribution in [0.15, 0.2) is 49.1 Å². The van der Waals surface area contributed by atoms with Gasteiger partial charge in [-0.2, -0.15) is 52.7 Å². The third kappa shape index (κ3) is 30.0. The Morgan fingerprint density at radius 1 is 0.521 bits per heavy atom. The number of hydrogen-bond donors (Lipinski definition) is 0. The molecule has 0 radical (unpaired) electrons. The number of rotatable bonds is 35. The average Bonchev–Trinajstić information content (AvgIpc) is 0.963. The van der Waals surface area contributed by atoms with E-state index in [2.05, 4.69) is 45.3 Å². The first-order valence-corrected chi connectivity index (χ1v) is 27.7. The van der Waals surface area contributed by atoms with Gasteiger partial charge in [-0.3, -0.25) is 24.0 Å². The van der Waals surface area contributed by atoms with Crippen LogP contribution >= 0.6 is 0 Å². The fraction of sp³-hybridized carbons (Fsp3) is 0.724. The number of carbonyl (C=O) groups is 8. The molecule has 2 aliphatic rings. The van der Waals surface area contributed by atoms with Gasteiger partial charge < -0.3 is 57.2 Å². The van der Waals surface area contributed by atoms with Gasteiger partial charge in [-0.1, -0.05) is 33.2 Å². The van der Waals surface area contributed by atoms with Crippen molar-refractivity contribution in [3.63, 3.8) is 0 Å². The van der Waals surface area contributed by atoms with E-state index < -0.39 is 138 Å². The first-order chi connectivity index (χ1) is 42.6. The summed E-state index contributed by atoms with van der Waals surface area (Å²) in [6.07, 6.45) is -10.7. The molecule has 5 unspecified atom stereocenters. The Kier molecular flexibility index (Phi) is 38.5. The fourth-order valence-corrected chi connectivity index (χ4v) is 7.11. The van der Waals surface area contributed by atoms with Crippen molar-refractivity contribution in [2.75, 3.05) is 108 Å². The van der Waals surface area contributed by atoms with E-state index >= 15 is 0 Å². The van der Waals surface area contributed by atoms with Crippen molar-refractivity contribution >= 4 is 47.6 Å². The summed E-state index contributed by atoms with van der Waals surface area (Å²) in [5.41, 5.74) is -5.17. The third-order valence-corrected chi connectivity index (χ3v) is 12.5. The molecular formula is C58H84F16N2O18. The Labute approximate surface area is 533 Å². The number of nitrogens with zero attached hydrogens (tertiary/aromatic N) is 2. The lowest BCUT2D eigenvalue weighted by Gasteiger charge is -2.41. The molecular weight excluding hydrogens is 1320 g/mol. The van der Waals surface area contributed by atoms with E-state index in [0.29, 0.717) is 44.2 Å². The first kappa shape index (κ1) is 91.6. The number of carbonyl (C=O) groups excluding carboxylic acids is 8. The van der Waals surface area contributed by atoms with Crippen molar-refractivity contribution < 1.29 is 156 Å². The number of hydrogen-bond acceptors (Lipinski definition) is 18. The van der Waals surface area contributed by atoms with Gasteiger partial charge >= 0.3 is 84.2 Å². The van der Waals surface area contributed by atoms with Gasteiger partial charge in [-0.25, -0.2) is 31.9 Å². The molecule has 5 atom stereocenters. The molecule has 0 aromatic carbocycles. The lowest BCUT2D eigenvalue weighted by Crippen LogP contribution is -2.59. The second-order valence-electron chi connectivity index (χ2n) is 22.6. The van der Waals surface area contributed by atoms with Crippen LogP contribution in [0.2, 0.25) is 0 Å². The molecule has 36 heteroatoms. The smallest absolute Gasteiger partial charge is 0.381 e. The number of likely N-dealkylation sites (N-methyl/N-ethyl adjacent to an activating group) is 1. The van der Waals surface area contributed by atoms with Crippen LogP contribution in [-0.4, -0.2) is 227 Å². The molecule has 0 spiro atoms. The van der Waals surface area contributed by atoms with E-state index in [1.54, 1.807) is 42.0 Å². The third-order valence-electron chi connectivity index (χ3n) is 12.5. The van der Waals surface area contributed by atoms with Crippen LogP contribution in [-0.2, 0) is 85.7 Å². The van der Waals surface area contributed by atoms with Crippen molar-refractivity contribution in [1.29, 1.82) is 0 Å². The fourth-order valence-electron chi connectivity index (χ4n) is 7.11. The number of esters is 6. The summed E-state index contributed by atoms with van der Waals surface area (Å²) in [6, 6.07) is 0. The van der Waals surface area contributed by atoms with Crippen LogP contribution in [0.3, 0.4) is 0 Å². The maximum atomic E-state index is 14.4. The van der Waals surface area contributed by atoms with E-state index in [9.17, 15) is 109 Å². The number of ether oxygens (including phenoxy) is 10. The van der Waals surface area contributed by atoms with Crippen LogP contribution in [0.1, 0.15) is 81.1 Å². The number of methoxy groups -OCH3 is 2. The van der Waals surface area contributed by atoms with Crippen LogP contribution in [0, 0.1) is 22.2 Å². The maximum Gasteiger partial charge on any atom is 0.381 e. The summed E-state index contributed by atoms with van der Waals surface area (Å²) >= 11 is 0. The van der Waals surface area contributed by atoms with E-state index in [0.717, 1.165) is 18.7 Å². The Balaban J connectivity index is -0.00000144.